The number of hydrogen-bond acceptors (Lipinski definition) is 16. The minimum Gasteiger partial charge on any atom is -0.504 e. The number of aromatic hydroxyl groups is 2. The van der Waals surface area contributed by atoms with Crippen LogP contribution < -0.4 is 11.1 Å². The van der Waals surface area contributed by atoms with Gasteiger partial charge < -0.3 is 36.3 Å². The number of amides is 2. The van der Waals surface area contributed by atoms with E-state index in [-0.39, 0.29) is 39.2 Å². The summed E-state index contributed by atoms with van der Waals surface area (Å²) in [6.45, 7) is 1.27. The molecule has 4 aromatic rings. The molecule has 2 aliphatic heterocycles. The quantitative estimate of drug-likeness (QED) is 0.0316. The van der Waals surface area contributed by atoms with Gasteiger partial charge in [0.25, 0.3) is 17.6 Å². The fraction of sp³-hybridized carbons (Fsp3) is 0.222. The number of phenols is 2. The van der Waals surface area contributed by atoms with E-state index in [0.717, 1.165) is 28.4 Å². The second-order valence-corrected chi connectivity index (χ2v) is 13.2. The number of carbonyl (C=O) groups excluding carboxylic acids is 2. The molecule has 6 rings (SSSR count). The predicted molar refractivity (Wildman–Crippen MR) is 171 cm³/mol. The summed E-state index contributed by atoms with van der Waals surface area (Å²) in [6.07, 6.45) is 1.37. The highest BCUT2D eigenvalue weighted by molar-refractivity contribution is 8.01. The molecule has 2 amide bonds. The first-order chi connectivity index (χ1) is 22.9. The molecule has 0 radical (unpaired) electrons. The minimum atomic E-state index is -1.41. The number of hydrogen-bond donors (Lipinski definition) is 6. The number of nitrogen functional groups attached to an aromatic ring is 1. The lowest BCUT2D eigenvalue weighted by Gasteiger charge is -2.49. The van der Waals surface area contributed by atoms with Gasteiger partial charge in [0, 0.05) is 28.1 Å². The van der Waals surface area contributed by atoms with Crippen LogP contribution in [0, 0.1) is 6.92 Å². The Morgan fingerprint density at radius 1 is 1.17 bits per heavy atom. The molecule has 18 nitrogen and oxygen atoms in total. The first-order valence-electron chi connectivity index (χ1n) is 13.6. The van der Waals surface area contributed by atoms with Crippen molar-refractivity contribution in [1.29, 1.82) is 0 Å². The zero-order valence-electron chi connectivity index (χ0n) is 24.4. The van der Waals surface area contributed by atoms with Crippen LogP contribution in [0.5, 0.6) is 11.5 Å². The molecule has 0 spiro atoms. The van der Waals surface area contributed by atoms with Gasteiger partial charge in [0.2, 0.25) is 0 Å². The number of aromatic carboxylic acids is 1. The van der Waals surface area contributed by atoms with Gasteiger partial charge in [0.05, 0.1) is 5.56 Å². The van der Waals surface area contributed by atoms with E-state index in [1.165, 1.54) is 39.7 Å². The van der Waals surface area contributed by atoms with Crippen LogP contribution in [0.2, 0.25) is 0 Å². The van der Waals surface area contributed by atoms with Crippen LogP contribution in [0.4, 0.5) is 5.13 Å². The van der Waals surface area contributed by atoms with Crippen molar-refractivity contribution < 1.29 is 44.4 Å². The summed E-state index contributed by atoms with van der Waals surface area (Å²) >= 11 is 3.60. The third kappa shape index (κ3) is 6.16. The summed E-state index contributed by atoms with van der Waals surface area (Å²) in [7, 11) is 0. The van der Waals surface area contributed by atoms with Crippen molar-refractivity contribution in [3.05, 3.63) is 63.7 Å². The fourth-order valence-electron chi connectivity index (χ4n) is 4.87. The third-order valence-corrected chi connectivity index (χ3v) is 10.2. The molecule has 1 fully saturated rings. The average Bonchev–Trinajstić information content (AvgIpc) is 3.70. The number of carbonyl (C=O) groups is 4. The van der Waals surface area contributed by atoms with Gasteiger partial charge in [-0.05, 0) is 30.7 Å². The lowest BCUT2D eigenvalue weighted by Crippen LogP contribution is -2.71. The van der Waals surface area contributed by atoms with Crippen LogP contribution in [-0.4, -0.2) is 102 Å². The van der Waals surface area contributed by atoms with Gasteiger partial charge in [-0.25, -0.2) is 19.6 Å². The number of carboxylic acids is 2. The van der Waals surface area contributed by atoms with Gasteiger partial charge in [-0.3, -0.25) is 14.5 Å². The van der Waals surface area contributed by atoms with E-state index in [9.17, 15) is 39.6 Å². The smallest absolute Gasteiger partial charge is 0.352 e. The summed E-state index contributed by atoms with van der Waals surface area (Å²) in [6, 6.07) is 2.50. The van der Waals surface area contributed by atoms with Crippen molar-refractivity contribution >= 4 is 75.2 Å². The molecule has 3 aromatic heterocycles. The Morgan fingerprint density at radius 2 is 1.94 bits per heavy atom. The lowest BCUT2D eigenvalue weighted by molar-refractivity contribution is -0.150. The maximum absolute atomic E-state index is 13.4. The molecule has 21 heteroatoms. The Morgan fingerprint density at radius 3 is 2.65 bits per heavy atom. The number of β-lactam (4-membered cyclic amide) rings is 1. The van der Waals surface area contributed by atoms with Crippen molar-refractivity contribution in [2.75, 3.05) is 17.2 Å². The molecular formula is C27H23N9O9S3. The van der Waals surface area contributed by atoms with Crippen LogP contribution in [0.3, 0.4) is 0 Å². The zero-order valence-corrected chi connectivity index (χ0v) is 26.9. The van der Waals surface area contributed by atoms with E-state index in [1.54, 1.807) is 13.0 Å². The zero-order chi connectivity index (χ0) is 34.3. The Hall–Kier alpha value is -5.41. The van der Waals surface area contributed by atoms with Crippen LogP contribution in [0.15, 0.2) is 51.4 Å². The molecule has 5 heterocycles. The highest BCUT2D eigenvalue weighted by Gasteiger charge is 2.54. The summed E-state index contributed by atoms with van der Waals surface area (Å²) in [4.78, 5) is 69.6. The minimum absolute atomic E-state index is 0.000192. The Labute approximate surface area is 281 Å². The van der Waals surface area contributed by atoms with Crippen molar-refractivity contribution in [2.45, 2.75) is 30.0 Å². The average molecular weight is 714 g/mol. The SMILES string of the molecule is Cc1cc(SCC2=C(C(=O)O)N3C(=O)[C@@H](NC(=O)C(=NOCc4cc(O)c(O)cc4C(=O)O)c4csc(N)n4)[C@H]3SC2)n2ncnc2n1. The number of anilines is 1. The number of phenolic OH excluding ortho intramolecular Hbond substituents is 2. The number of fused-ring (bicyclic) bond motifs is 2. The number of aliphatic carboxylic acids is 1. The van der Waals surface area contributed by atoms with Crippen LogP contribution in [0.1, 0.15) is 27.3 Å². The van der Waals surface area contributed by atoms with Crippen LogP contribution in [-0.2, 0) is 25.8 Å². The number of aromatic nitrogens is 5. The molecule has 48 heavy (non-hydrogen) atoms. The molecule has 0 unspecified atom stereocenters. The van der Waals surface area contributed by atoms with Gasteiger partial charge >= 0.3 is 11.9 Å². The van der Waals surface area contributed by atoms with E-state index in [4.69, 9.17) is 10.6 Å². The van der Waals surface area contributed by atoms with Gasteiger partial charge in [-0.1, -0.05) is 5.16 Å². The maximum Gasteiger partial charge on any atom is 0.352 e. The maximum atomic E-state index is 13.4. The molecule has 0 bridgehead atoms. The van der Waals surface area contributed by atoms with E-state index < -0.39 is 59.0 Å². The predicted octanol–water partition coefficient (Wildman–Crippen LogP) is 1.03. The third-order valence-electron chi connectivity index (χ3n) is 7.06. The highest BCUT2D eigenvalue weighted by Crippen LogP contribution is 2.41. The number of aryl methyl sites for hydroxylation is 1. The molecule has 248 valence electrons. The largest absolute Gasteiger partial charge is 0.504 e. The Balaban J connectivity index is 1.19. The number of nitrogens with one attached hydrogen (secondary N) is 1. The number of oxime groups is 1. The Kier molecular flexibility index (Phi) is 8.81. The topological polar surface area (TPSA) is 268 Å². The van der Waals surface area contributed by atoms with Crippen molar-refractivity contribution in [3.8, 4) is 11.5 Å². The van der Waals surface area contributed by atoms with Gasteiger partial charge in [-0.15, -0.1) is 34.9 Å². The number of rotatable bonds is 11. The molecule has 2 aliphatic rings. The normalized spacial score (nSPS) is 17.6. The van der Waals surface area contributed by atoms with E-state index in [0.29, 0.717) is 22.1 Å². The van der Waals surface area contributed by atoms with Crippen LogP contribution >= 0.6 is 34.9 Å². The summed E-state index contributed by atoms with van der Waals surface area (Å²) < 4.78 is 1.54. The van der Waals surface area contributed by atoms with Crippen molar-refractivity contribution in [2.24, 2.45) is 5.16 Å². The molecule has 0 aliphatic carbocycles. The number of nitrogens with zero attached hydrogens (tertiary/aromatic N) is 7. The second kappa shape index (κ2) is 13.0. The molecule has 2 atom stereocenters. The molecule has 1 aromatic carbocycles. The number of carboxylic acid groups (broad SMARTS) is 2. The monoisotopic (exact) mass is 713 g/mol. The number of thiazole rings is 1. The number of benzene rings is 1. The fourth-order valence-corrected chi connectivity index (χ4v) is 7.96. The highest BCUT2D eigenvalue weighted by atomic mass is 32.2. The Bertz CT molecular complexity index is 2060. The molecule has 0 saturated carbocycles. The van der Waals surface area contributed by atoms with Crippen molar-refractivity contribution in [3.63, 3.8) is 0 Å². The van der Waals surface area contributed by atoms with Gasteiger partial charge in [0.15, 0.2) is 22.3 Å². The first-order valence-corrected chi connectivity index (χ1v) is 16.5. The van der Waals surface area contributed by atoms with Crippen molar-refractivity contribution in [1.82, 2.24) is 34.8 Å². The molecule has 1 saturated heterocycles. The second-order valence-electron chi connectivity index (χ2n) is 10.2. The molecule has 7 N–H and O–H groups in total. The number of thioether (sulfide) groups is 2. The standard InChI is InChI=1S/C27H23N9O9S3/c1-10-2-17(36-27(31-10)29-9-30-36)46-6-12-7-47-23-19(22(40)35(23)20(12)25(43)44)33-21(39)18(14-8-48-26(28)32-14)34-45-5-11-3-15(37)16(38)4-13(11)24(41)42/h2-4,8-9,19,23,37-38H,5-7H2,1H3,(H2,28,32)(H,33,39)(H,41,42)(H,43,44)/t19-,23-/m1/s1. The van der Waals surface area contributed by atoms with Crippen LogP contribution in [0.25, 0.3) is 5.78 Å². The van der Waals surface area contributed by atoms with Gasteiger partial charge in [-0.2, -0.15) is 14.6 Å². The van der Waals surface area contributed by atoms with E-state index in [1.807, 2.05) is 0 Å². The van der Waals surface area contributed by atoms with E-state index >= 15 is 0 Å². The first kappa shape index (κ1) is 32.5. The van der Waals surface area contributed by atoms with Gasteiger partial charge in [0.1, 0.15) is 40.8 Å². The lowest BCUT2D eigenvalue weighted by atomic mass is 10.0. The molecular weight excluding hydrogens is 691 g/mol. The summed E-state index contributed by atoms with van der Waals surface area (Å²) in [5, 5.41) is 51.1. The summed E-state index contributed by atoms with van der Waals surface area (Å²) in [5.74, 6) is -4.59. The summed E-state index contributed by atoms with van der Waals surface area (Å²) in [5.41, 5.74) is 5.95. The van der Waals surface area contributed by atoms with E-state index in [2.05, 4.69) is 30.5 Å². The number of nitrogens with two attached hydrogens (primary N) is 1.